The number of pyridine rings is 1. The van der Waals surface area contributed by atoms with E-state index in [4.69, 9.17) is 26.3 Å². The molecule has 1 aromatic heterocycles. The van der Waals surface area contributed by atoms with Crippen LogP contribution in [0.25, 0.3) is 0 Å². The third-order valence-corrected chi connectivity index (χ3v) is 4.21. The van der Waals surface area contributed by atoms with Gasteiger partial charge in [-0.3, -0.25) is 4.79 Å². The van der Waals surface area contributed by atoms with Crippen molar-refractivity contribution in [2.24, 2.45) is 0 Å². The van der Waals surface area contributed by atoms with Gasteiger partial charge in [0.15, 0.2) is 0 Å². The maximum Gasteiger partial charge on any atom is 0.257 e. The highest BCUT2D eigenvalue weighted by Gasteiger charge is 2.30. The van der Waals surface area contributed by atoms with E-state index in [1.165, 1.54) is 13.3 Å². The summed E-state index contributed by atoms with van der Waals surface area (Å²) in [5.74, 6) is 0.727. The van der Waals surface area contributed by atoms with Crippen LogP contribution in [-0.4, -0.2) is 42.1 Å². The van der Waals surface area contributed by atoms with Crippen LogP contribution in [0.4, 0.5) is 0 Å². The van der Waals surface area contributed by atoms with Crippen molar-refractivity contribution in [2.45, 2.75) is 12.5 Å². The van der Waals surface area contributed by atoms with Crippen LogP contribution in [0.15, 0.2) is 36.5 Å². The SMILES string of the molecule is COc1ccc(Cl)cc1C(=O)N1CCC(Oc2cc(C#N)ccn2)C1. The number of carbonyl (C=O) groups excluding carboxylic acids is 1. The molecule has 0 N–H and O–H groups in total. The second kappa shape index (κ2) is 7.41. The molecule has 0 spiro atoms. The molecule has 1 amide bonds. The lowest BCUT2D eigenvalue weighted by atomic mass is 10.1. The average molecular weight is 358 g/mol. The molecule has 25 heavy (non-hydrogen) atoms. The topological polar surface area (TPSA) is 75.4 Å². The molecule has 3 rings (SSSR count). The lowest BCUT2D eigenvalue weighted by Gasteiger charge is -2.18. The van der Waals surface area contributed by atoms with Gasteiger partial charge < -0.3 is 14.4 Å². The number of carbonyl (C=O) groups is 1. The van der Waals surface area contributed by atoms with Crippen LogP contribution in [0, 0.1) is 11.3 Å². The molecule has 1 saturated heterocycles. The van der Waals surface area contributed by atoms with Gasteiger partial charge >= 0.3 is 0 Å². The predicted octanol–water partition coefficient (Wildman–Crippen LogP) is 2.91. The number of halogens is 1. The first-order valence-electron chi connectivity index (χ1n) is 7.76. The van der Waals surface area contributed by atoms with Crippen LogP contribution in [0.1, 0.15) is 22.3 Å². The lowest BCUT2D eigenvalue weighted by Crippen LogP contribution is -2.31. The van der Waals surface area contributed by atoms with Crippen molar-refractivity contribution < 1.29 is 14.3 Å². The number of rotatable bonds is 4. The Morgan fingerprint density at radius 1 is 1.40 bits per heavy atom. The van der Waals surface area contributed by atoms with Gasteiger partial charge in [0.1, 0.15) is 11.9 Å². The van der Waals surface area contributed by atoms with Gasteiger partial charge in [0, 0.05) is 30.3 Å². The Kier molecular flexibility index (Phi) is 5.05. The molecule has 128 valence electrons. The Labute approximate surface area is 150 Å². The van der Waals surface area contributed by atoms with Crippen LogP contribution in [0.5, 0.6) is 11.6 Å². The van der Waals surface area contributed by atoms with Crippen molar-refractivity contribution in [3.63, 3.8) is 0 Å². The summed E-state index contributed by atoms with van der Waals surface area (Å²) in [6.45, 7) is 1.00. The van der Waals surface area contributed by atoms with Gasteiger partial charge in [-0.25, -0.2) is 4.98 Å². The number of likely N-dealkylation sites (tertiary alicyclic amines) is 1. The van der Waals surface area contributed by atoms with Crippen molar-refractivity contribution in [3.8, 4) is 17.7 Å². The second-order valence-corrected chi connectivity index (χ2v) is 6.06. The van der Waals surface area contributed by atoms with E-state index in [0.29, 0.717) is 47.3 Å². The maximum atomic E-state index is 12.8. The highest BCUT2D eigenvalue weighted by molar-refractivity contribution is 6.31. The molecule has 0 bridgehead atoms. The average Bonchev–Trinajstić information content (AvgIpc) is 3.09. The molecule has 1 aliphatic rings. The van der Waals surface area contributed by atoms with Crippen LogP contribution in [-0.2, 0) is 0 Å². The Morgan fingerprint density at radius 2 is 2.24 bits per heavy atom. The van der Waals surface area contributed by atoms with E-state index in [-0.39, 0.29) is 12.0 Å². The molecule has 1 fully saturated rings. The van der Waals surface area contributed by atoms with Gasteiger partial charge in [0.25, 0.3) is 5.91 Å². The third-order valence-electron chi connectivity index (χ3n) is 3.98. The normalized spacial score (nSPS) is 16.4. The van der Waals surface area contributed by atoms with E-state index >= 15 is 0 Å². The number of ether oxygens (including phenoxy) is 2. The van der Waals surface area contributed by atoms with Crippen molar-refractivity contribution >= 4 is 17.5 Å². The predicted molar refractivity (Wildman–Crippen MR) is 91.9 cm³/mol. The lowest BCUT2D eigenvalue weighted by molar-refractivity contribution is 0.0768. The van der Waals surface area contributed by atoms with Gasteiger partial charge in [-0.05, 0) is 24.3 Å². The first-order valence-corrected chi connectivity index (χ1v) is 8.14. The van der Waals surface area contributed by atoms with Gasteiger partial charge in [0.05, 0.1) is 30.9 Å². The number of hydrogen-bond donors (Lipinski definition) is 0. The van der Waals surface area contributed by atoms with Crippen molar-refractivity contribution in [1.82, 2.24) is 9.88 Å². The van der Waals surface area contributed by atoms with Crippen molar-refractivity contribution in [2.75, 3.05) is 20.2 Å². The number of amides is 1. The Balaban J connectivity index is 1.69. The molecule has 6 nitrogen and oxygen atoms in total. The van der Waals surface area contributed by atoms with E-state index in [9.17, 15) is 4.79 Å². The molecular weight excluding hydrogens is 342 g/mol. The standard InChI is InChI=1S/C18H16ClN3O3/c1-24-16-3-2-13(19)9-15(16)18(23)22-7-5-14(11-22)25-17-8-12(10-20)4-6-21-17/h2-4,6,8-9,14H,5,7,11H2,1H3. The van der Waals surface area contributed by atoms with Crippen molar-refractivity contribution in [3.05, 3.63) is 52.7 Å². The molecule has 1 unspecified atom stereocenters. The van der Waals surface area contributed by atoms with Crippen LogP contribution >= 0.6 is 11.6 Å². The second-order valence-electron chi connectivity index (χ2n) is 5.62. The summed E-state index contributed by atoms with van der Waals surface area (Å²) in [5.41, 5.74) is 0.917. The smallest absolute Gasteiger partial charge is 0.257 e. The summed E-state index contributed by atoms with van der Waals surface area (Å²) in [5, 5.41) is 9.41. The molecule has 2 heterocycles. The summed E-state index contributed by atoms with van der Waals surface area (Å²) < 4.78 is 11.1. The molecule has 1 atom stereocenters. The quantitative estimate of drug-likeness (QED) is 0.841. The monoisotopic (exact) mass is 357 g/mol. The van der Waals surface area contributed by atoms with Gasteiger partial charge in [-0.2, -0.15) is 5.26 Å². The fourth-order valence-corrected chi connectivity index (χ4v) is 2.91. The van der Waals surface area contributed by atoms with E-state index < -0.39 is 0 Å². The number of methoxy groups -OCH3 is 1. The van der Waals surface area contributed by atoms with Crippen molar-refractivity contribution in [1.29, 1.82) is 5.26 Å². The van der Waals surface area contributed by atoms with E-state index in [1.807, 2.05) is 6.07 Å². The molecule has 0 saturated carbocycles. The summed E-state index contributed by atoms with van der Waals surface area (Å²) >= 11 is 6.00. The van der Waals surface area contributed by atoms with Gasteiger partial charge in [0.2, 0.25) is 5.88 Å². The highest BCUT2D eigenvalue weighted by Crippen LogP contribution is 2.26. The molecule has 1 aromatic carbocycles. The minimum atomic E-state index is -0.171. The molecule has 0 radical (unpaired) electrons. The Morgan fingerprint density at radius 3 is 3.00 bits per heavy atom. The molecule has 2 aromatic rings. The van der Waals surface area contributed by atoms with Crippen LogP contribution < -0.4 is 9.47 Å². The fourth-order valence-electron chi connectivity index (χ4n) is 2.74. The van der Waals surface area contributed by atoms with E-state index in [2.05, 4.69) is 4.98 Å². The largest absolute Gasteiger partial charge is 0.496 e. The summed E-state index contributed by atoms with van der Waals surface area (Å²) in [7, 11) is 1.52. The first-order chi connectivity index (χ1) is 12.1. The zero-order chi connectivity index (χ0) is 17.8. The highest BCUT2D eigenvalue weighted by atomic mass is 35.5. The summed E-state index contributed by atoms with van der Waals surface area (Å²) in [4.78, 5) is 18.6. The Hall–Kier alpha value is -2.78. The van der Waals surface area contributed by atoms with Crippen LogP contribution in [0.3, 0.4) is 0 Å². The minimum absolute atomic E-state index is 0.149. The zero-order valence-electron chi connectivity index (χ0n) is 13.6. The third kappa shape index (κ3) is 3.83. The molecular formula is C18H16ClN3O3. The number of hydrogen-bond acceptors (Lipinski definition) is 5. The van der Waals surface area contributed by atoms with E-state index in [0.717, 1.165) is 0 Å². The molecule has 7 heteroatoms. The first kappa shape index (κ1) is 17.1. The summed E-state index contributed by atoms with van der Waals surface area (Å²) in [6, 6.07) is 10.2. The minimum Gasteiger partial charge on any atom is -0.496 e. The van der Waals surface area contributed by atoms with E-state index in [1.54, 1.807) is 35.2 Å². The number of nitriles is 1. The fraction of sp³-hybridized carbons (Fsp3) is 0.278. The maximum absolute atomic E-state index is 12.8. The van der Waals surface area contributed by atoms with Gasteiger partial charge in [-0.1, -0.05) is 11.6 Å². The number of aromatic nitrogens is 1. The number of benzene rings is 1. The molecule has 1 aliphatic heterocycles. The zero-order valence-corrected chi connectivity index (χ0v) is 14.4. The summed E-state index contributed by atoms with van der Waals surface area (Å²) in [6.07, 6.45) is 2.05. The van der Waals surface area contributed by atoms with Crippen LogP contribution in [0.2, 0.25) is 5.02 Å². The van der Waals surface area contributed by atoms with Gasteiger partial charge in [-0.15, -0.1) is 0 Å². The Bertz CT molecular complexity index is 835. The number of nitrogens with zero attached hydrogens (tertiary/aromatic N) is 3. The molecule has 0 aliphatic carbocycles.